The standard InChI is InChI=1S/C13H21OSi2/c1-14-12-15(10-11-16(2,3)4)13-8-6-5-7-9-13/h5-11H,12H2,1-4H3. The highest BCUT2D eigenvalue weighted by molar-refractivity contribution is 6.84. The van der Waals surface area contributed by atoms with Gasteiger partial charge in [0.25, 0.3) is 0 Å². The summed E-state index contributed by atoms with van der Waals surface area (Å²) in [4.78, 5) is 0. The van der Waals surface area contributed by atoms with Crippen molar-refractivity contribution in [1.29, 1.82) is 0 Å². The molecule has 1 rings (SSSR count). The molecule has 1 nitrogen and oxygen atoms in total. The number of hydrogen-bond acceptors (Lipinski definition) is 1. The van der Waals surface area contributed by atoms with E-state index in [0.717, 1.165) is 6.23 Å². The predicted molar refractivity (Wildman–Crippen MR) is 76.2 cm³/mol. The van der Waals surface area contributed by atoms with Crippen LogP contribution in [0.15, 0.2) is 41.7 Å². The average Bonchev–Trinajstić information content (AvgIpc) is 2.24. The fraction of sp³-hybridized carbons (Fsp3) is 0.385. The van der Waals surface area contributed by atoms with Gasteiger partial charge in [-0.1, -0.05) is 60.9 Å². The molecule has 0 atom stereocenters. The van der Waals surface area contributed by atoms with E-state index in [2.05, 4.69) is 61.4 Å². The lowest BCUT2D eigenvalue weighted by Crippen LogP contribution is -2.34. The van der Waals surface area contributed by atoms with Crippen LogP contribution in [0.1, 0.15) is 0 Å². The highest BCUT2D eigenvalue weighted by Gasteiger charge is 2.13. The highest BCUT2D eigenvalue weighted by Crippen LogP contribution is 2.03. The van der Waals surface area contributed by atoms with Crippen molar-refractivity contribution in [3.63, 3.8) is 0 Å². The smallest absolute Gasteiger partial charge is 0.141 e. The minimum absolute atomic E-state index is 0.674. The summed E-state index contributed by atoms with van der Waals surface area (Å²) in [5, 5.41) is 1.43. The van der Waals surface area contributed by atoms with E-state index in [1.807, 2.05) is 0 Å². The van der Waals surface area contributed by atoms with Crippen molar-refractivity contribution < 1.29 is 4.74 Å². The van der Waals surface area contributed by atoms with Crippen molar-refractivity contribution in [2.75, 3.05) is 13.3 Å². The number of benzene rings is 1. The van der Waals surface area contributed by atoms with E-state index < -0.39 is 16.9 Å². The van der Waals surface area contributed by atoms with Crippen molar-refractivity contribution in [2.24, 2.45) is 0 Å². The van der Waals surface area contributed by atoms with Gasteiger partial charge in [-0.3, -0.25) is 0 Å². The van der Waals surface area contributed by atoms with Gasteiger partial charge in [-0.05, 0) is 0 Å². The lowest BCUT2D eigenvalue weighted by Gasteiger charge is -2.13. The Kier molecular flexibility index (Phi) is 5.18. The summed E-state index contributed by atoms with van der Waals surface area (Å²) in [5.41, 5.74) is 4.85. The average molecular weight is 249 g/mol. The van der Waals surface area contributed by atoms with Gasteiger partial charge < -0.3 is 4.74 Å². The third-order valence-corrected chi connectivity index (χ3v) is 5.97. The van der Waals surface area contributed by atoms with Crippen LogP contribution >= 0.6 is 0 Å². The molecule has 16 heavy (non-hydrogen) atoms. The topological polar surface area (TPSA) is 9.23 Å². The van der Waals surface area contributed by atoms with Crippen LogP contribution in [0.5, 0.6) is 0 Å². The van der Waals surface area contributed by atoms with E-state index in [-0.39, 0.29) is 0 Å². The fourth-order valence-electron chi connectivity index (χ4n) is 1.39. The van der Waals surface area contributed by atoms with Gasteiger partial charge in [0.1, 0.15) is 8.80 Å². The molecule has 1 radical (unpaired) electrons. The van der Waals surface area contributed by atoms with Crippen molar-refractivity contribution in [1.82, 2.24) is 0 Å². The van der Waals surface area contributed by atoms with Gasteiger partial charge in [-0.2, -0.15) is 0 Å². The molecule has 0 saturated heterocycles. The summed E-state index contributed by atoms with van der Waals surface area (Å²) >= 11 is 0. The molecular weight excluding hydrogens is 228 g/mol. The Labute approximate surface area is 102 Å². The third-order valence-electron chi connectivity index (χ3n) is 2.23. The Morgan fingerprint density at radius 2 is 1.81 bits per heavy atom. The predicted octanol–water partition coefficient (Wildman–Crippen LogP) is 2.55. The van der Waals surface area contributed by atoms with Crippen LogP contribution < -0.4 is 5.19 Å². The molecule has 0 heterocycles. The molecule has 3 heteroatoms. The number of hydrogen-bond donors (Lipinski definition) is 0. The van der Waals surface area contributed by atoms with Crippen LogP contribution in [-0.4, -0.2) is 30.2 Å². The molecule has 0 spiro atoms. The minimum Gasteiger partial charge on any atom is -0.387 e. The van der Waals surface area contributed by atoms with E-state index in [1.165, 1.54) is 5.19 Å². The number of ether oxygens (including phenoxy) is 1. The largest absolute Gasteiger partial charge is 0.387 e. The summed E-state index contributed by atoms with van der Waals surface area (Å²) < 4.78 is 5.33. The second kappa shape index (κ2) is 6.18. The van der Waals surface area contributed by atoms with E-state index in [0.29, 0.717) is 0 Å². The van der Waals surface area contributed by atoms with Crippen LogP contribution in [0.4, 0.5) is 0 Å². The van der Waals surface area contributed by atoms with Crippen LogP contribution in [0.3, 0.4) is 0 Å². The Morgan fingerprint density at radius 3 is 2.31 bits per heavy atom. The maximum atomic E-state index is 5.33. The monoisotopic (exact) mass is 249 g/mol. The molecule has 0 aliphatic heterocycles. The van der Waals surface area contributed by atoms with Gasteiger partial charge in [0.2, 0.25) is 0 Å². The maximum absolute atomic E-state index is 5.33. The van der Waals surface area contributed by atoms with Gasteiger partial charge in [0.15, 0.2) is 0 Å². The lowest BCUT2D eigenvalue weighted by atomic mass is 10.4. The van der Waals surface area contributed by atoms with Crippen LogP contribution in [0.25, 0.3) is 0 Å². The van der Waals surface area contributed by atoms with Gasteiger partial charge >= 0.3 is 0 Å². The fourth-order valence-corrected chi connectivity index (χ4v) is 5.58. The molecular formula is C13H21OSi2. The zero-order valence-electron chi connectivity index (χ0n) is 10.7. The van der Waals surface area contributed by atoms with Crippen LogP contribution in [-0.2, 0) is 4.74 Å². The normalized spacial score (nSPS) is 12.6. The molecule has 0 amide bonds. The second-order valence-electron chi connectivity index (χ2n) is 5.02. The molecule has 0 saturated carbocycles. The first-order chi connectivity index (χ1) is 7.53. The minimum atomic E-state index is -1.09. The molecule has 0 aliphatic carbocycles. The molecule has 1 aromatic rings. The van der Waals surface area contributed by atoms with E-state index in [1.54, 1.807) is 7.11 Å². The first kappa shape index (κ1) is 13.4. The Morgan fingerprint density at radius 1 is 1.19 bits per heavy atom. The zero-order valence-corrected chi connectivity index (χ0v) is 12.7. The molecule has 0 unspecified atom stereocenters. The highest BCUT2D eigenvalue weighted by atomic mass is 28.3. The Balaban J connectivity index is 2.80. The molecule has 0 aromatic heterocycles. The summed E-state index contributed by atoms with van der Waals surface area (Å²) in [6.07, 6.45) is 0.857. The van der Waals surface area contributed by atoms with Crippen molar-refractivity contribution in [2.45, 2.75) is 19.6 Å². The van der Waals surface area contributed by atoms with Gasteiger partial charge in [0.05, 0.1) is 8.07 Å². The molecule has 0 aliphatic rings. The van der Waals surface area contributed by atoms with Crippen molar-refractivity contribution in [3.8, 4) is 0 Å². The van der Waals surface area contributed by atoms with Crippen molar-refractivity contribution in [3.05, 3.63) is 41.7 Å². The number of rotatable bonds is 5. The molecule has 87 valence electrons. The summed E-state index contributed by atoms with van der Waals surface area (Å²) in [5.74, 6) is 0. The van der Waals surface area contributed by atoms with Gasteiger partial charge in [0, 0.05) is 13.3 Å². The van der Waals surface area contributed by atoms with Gasteiger partial charge in [-0.25, -0.2) is 0 Å². The van der Waals surface area contributed by atoms with E-state index in [9.17, 15) is 0 Å². The SMILES string of the molecule is COC[Si](C=C[Si](C)(C)C)c1ccccc1. The van der Waals surface area contributed by atoms with Crippen LogP contribution in [0.2, 0.25) is 19.6 Å². The van der Waals surface area contributed by atoms with Crippen LogP contribution in [0, 0.1) is 0 Å². The Bertz CT molecular complexity index is 328. The maximum Gasteiger partial charge on any atom is 0.141 e. The summed E-state index contributed by atoms with van der Waals surface area (Å²) in [6, 6.07) is 10.7. The van der Waals surface area contributed by atoms with E-state index in [4.69, 9.17) is 4.74 Å². The Hall–Kier alpha value is -0.646. The second-order valence-corrected chi connectivity index (χ2v) is 12.3. The quantitative estimate of drug-likeness (QED) is 0.729. The first-order valence-electron chi connectivity index (χ1n) is 5.62. The lowest BCUT2D eigenvalue weighted by molar-refractivity contribution is 0.251. The van der Waals surface area contributed by atoms with Crippen molar-refractivity contribution >= 4 is 22.1 Å². The molecule has 0 N–H and O–H groups in total. The molecule has 1 aromatic carbocycles. The van der Waals surface area contributed by atoms with E-state index >= 15 is 0 Å². The molecule has 0 fully saturated rings. The zero-order chi connectivity index (χ0) is 12.0. The molecule has 0 bridgehead atoms. The van der Waals surface area contributed by atoms with Gasteiger partial charge in [-0.15, -0.1) is 5.70 Å². The number of methoxy groups -OCH3 is 1. The summed E-state index contributed by atoms with van der Waals surface area (Å²) in [7, 11) is 0.0210. The first-order valence-corrected chi connectivity index (χ1v) is 11.0. The third kappa shape index (κ3) is 4.92. The summed E-state index contributed by atoms with van der Waals surface area (Å²) in [6.45, 7) is 7.09.